The third-order valence-corrected chi connectivity index (χ3v) is 4.92. The van der Waals surface area contributed by atoms with Crippen LogP contribution < -0.4 is 4.74 Å². The van der Waals surface area contributed by atoms with Crippen molar-refractivity contribution in [3.05, 3.63) is 58.6 Å². The first-order valence-corrected chi connectivity index (χ1v) is 8.97. The zero-order chi connectivity index (χ0) is 16.1. The van der Waals surface area contributed by atoms with Crippen LogP contribution in [0, 0.1) is 0 Å². The highest BCUT2D eigenvalue weighted by atomic mass is 79.9. The summed E-state index contributed by atoms with van der Waals surface area (Å²) in [5, 5.41) is 8.04. The molecule has 0 aliphatic rings. The number of aromatic nitrogens is 3. The number of H-pyrrole nitrogens is 1. The molecule has 0 saturated heterocycles. The van der Waals surface area contributed by atoms with Gasteiger partial charge in [0.15, 0.2) is 5.82 Å². The smallest absolute Gasteiger partial charge is 0.208 e. The van der Waals surface area contributed by atoms with E-state index in [4.69, 9.17) is 4.74 Å². The highest BCUT2D eigenvalue weighted by molar-refractivity contribution is 9.10. The number of nitrogens with one attached hydrogen (secondary N) is 1. The molecular weight excluding hydrogens is 374 g/mol. The number of hydrogen-bond acceptors (Lipinski definition) is 4. The molecule has 1 N–H and O–H groups in total. The van der Waals surface area contributed by atoms with E-state index < -0.39 is 0 Å². The van der Waals surface area contributed by atoms with Crippen LogP contribution in [0.4, 0.5) is 0 Å². The van der Waals surface area contributed by atoms with Crippen LogP contribution in [0.5, 0.6) is 5.75 Å². The minimum atomic E-state index is 0.768. The predicted molar refractivity (Wildman–Crippen MR) is 96.9 cm³/mol. The van der Waals surface area contributed by atoms with Crippen LogP contribution in [0.3, 0.4) is 0 Å². The fourth-order valence-electron chi connectivity index (χ4n) is 2.14. The number of nitrogens with zero attached hydrogens (tertiary/aromatic N) is 2. The Balaban J connectivity index is 1.58. The Bertz CT molecular complexity index is 774. The van der Waals surface area contributed by atoms with Crippen LogP contribution in [0.25, 0.3) is 11.4 Å². The molecule has 0 spiro atoms. The lowest BCUT2D eigenvalue weighted by atomic mass is 10.2. The summed E-state index contributed by atoms with van der Waals surface area (Å²) in [7, 11) is 1.68. The van der Waals surface area contributed by atoms with E-state index in [9.17, 15) is 0 Å². The van der Waals surface area contributed by atoms with Crippen LogP contribution in [0.1, 0.15) is 5.56 Å². The molecule has 4 nitrogen and oxygen atoms in total. The van der Waals surface area contributed by atoms with Crippen molar-refractivity contribution in [3.63, 3.8) is 0 Å². The lowest BCUT2D eigenvalue weighted by molar-refractivity contribution is 0.414. The van der Waals surface area contributed by atoms with E-state index in [1.165, 1.54) is 5.56 Å². The summed E-state index contributed by atoms with van der Waals surface area (Å²) in [6.45, 7) is 0. The molecule has 0 radical (unpaired) electrons. The molecule has 0 fully saturated rings. The molecule has 1 aromatic heterocycles. The number of rotatable bonds is 6. The van der Waals surface area contributed by atoms with Crippen LogP contribution >= 0.6 is 27.7 Å². The fourth-order valence-corrected chi connectivity index (χ4v) is 3.40. The zero-order valence-electron chi connectivity index (χ0n) is 12.6. The summed E-state index contributed by atoms with van der Waals surface area (Å²) in [5.41, 5.74) is 2.29. The van der Waals surface area contributed by atoms with E-state index in [-0.39, 0.29) is 0 Å². The summed E-state index contributed by atoms with van der Waals surface area (Å²) in [5.74, 6) is 2.59. The van der Waals surface area contributed by atoms with Crippen molar-refractivity contribution in [3.8, 4) is 17.1 Å². The SMILES string of the molecule is COc1ccc(CCSc2n[nH]c(-c3ccccc3Br)n2)cc1. The molecule has 23 heavy (non-hydrogen) atoms. The Morgan fingerprint density at radius 2 is 1.91 bits per heavy atom. The molecule has 0 aliphatic carbocycles. The first kappa shape index (κ1) is 16.1. The molecule has 0 unspecified atom stereocenters. The zero-order valence-corrected chi connectivity index (χ0v) is 15.0. The topological polar surface area (TPSA) is 50.8 Å². The number of methoxy groups -OCH3 is 1. The monoisotopic (exact) mass is 389 g/mol. The van der Waals surface area contributed by atoms with Gasteiger partial charge in [0.05, 0.1) is 7.11 Å². The standard InChI is InChI=1S/C17H16BrN3OS/c1-22-13-8-6-12(7-9-13)10-11-23-17-19-16(20-21-17)14-4-2-3-5-15(14)18/h2-9H,10-11H2,1H3,(H,19,20,21). The van der Waals surface area contributed by atoms with Crippen molar-refractivity contribution in [2.75, 3.05) is 12.9 Å². The number of aromatic amines is 1. The number of halogens is 1. The van der Waals surface area contributed by atoms with Crippen molar-refractivity contribution in [1.82, 2.24) is 15.2 Å². The van der Waals surface area contributed by atoms with Gasteiger partial charge in [-0.25, -0.2) is 4.98 Å². The molecule has 1 heterocycles. The molecule has 0 aliphatic heterocycles. The molecule has 6 heteroatoms. The van der Waals surface area contributed by atoms with Gasteiger partial charge < -0.3 is 4.74 Å². The lowest BCUT2D eigenvalue weighted by Gasteiger charge is -2.02. The summed E-state index contributed by atoms with van der Waals surface area (Å²) in [4.78, 5) is 4.55. The lowest BCUT2D eigenvalue weighted by Crippen LogP contribution is -1.90. The molecule has 2 aromatic carbocycles. The van der Waals surface area contributed by atoms with Crippen molar-refractivity contribution in [1.29, 1.82) is 0 Å². The Labute approximate surface area is 147 Å². The normalized spacial score (nSPS) is 10.7. The Morgan fingerprint density at radius 3 is 2.65 bits per heavy atom. The summed E-state index contributed by atoms with van der Waals surface area (Å²) < 4.78 is 6.17. The predicted octanol–water partition coefficient (Wildman–Crippen LogP) is 4.58. The third-order valence-electron chi connectivity index (χ3n) is 3.37. The minimum Gasteiger partial charge on any atom is -0.497 e. The van der Waals surface area contributed by atoms with E-state index in [2.05, 4.69) is 43.2 Å². The van der Waals surface area contributed by atoms with Crippen LogP contribution in [0.15, 0.2) is 58.2 Å². The largest absolute Gasteiger partial charge is 0.497 e. The maximum Gasteiger partial charge on any atom is 0.208 e. The van der Waals surface area contributed by atoms with Crippen LogP contribution in [-0.4, -0.2) is 28.0 Å². The Hall–Kier alpha value is -1.79. The number of ether oxygens (including phenoxy) is 1. The molecule has 118 valence electrons. The van der Waals surface area contributed by atoms with Gasteiger partial charge in [0.1, 0.15) is 5.75 Å². The highest BCUT2D eigenvalue weighted by Gasteiger charge is 2.08. The average molecular weight is 390 g/mol. The second-order valence-electron chi connectivity index (χ2n) is 4.89. The van der Waals surface area contributed by atoms with Gasteiger partial charge in [-0.05, 0) is 30.2 Å². The van der Waals surface area contributed by atoms with E-state index >= 15 is 0 Å². The van der Waals surface area contributed by atoms with Gasteiger partial charge in [0, 0.05) is 15.8 Å². The average Bonchev–Trinajstić information content (AvgIpc) is 3.04. The van der Waals surface area contributed by atoms with Crippen molar-refractivity contribution >= 4 is 27.7 Å². The second kappa shape index (κ2) is 7.66. The number of hydrogen-bond donors (Lipinski definition) is 1. The van der Waals surface area contributed by atoms with E-state index in [1.54, 1.807) is 18.9 Å². The van der Waals surface area contributed by atoms with Crippen LogP contribution in [0.2, 0.25) is 0 Å². The summed E-state index contributed by atoms with van der Waals surface area (Å²) in [6.07, 6.45) is 0.966. The molecule has 0 saturated carbocycles. The van der Waals surface area contributed by atoms with Gasteiger partial charge in [-0.15, -0.1) is 5.10 Å². The van der Waals surface area contributed by atoms with Gasteiger partial charge in [0.25, 0.3) is 0 Å². The van der Waals surface area contributed by atoms with Gasteiger partial charge in [-0.2, -0.15) is 0 Å². The molecular formula is C17H16BrN3OS. The molecule has 0 bridgehead atoms. The number of aryl methyl sites for hydroxylation is 1. The molecule has 0 amide bonds. The van der Waals surface area contributed by atoms with Gasteiger partial charge in [-0.1, -0.05) is 58.0 Å². The van der Waals surface area contributed by atoms with Crippen molar-refractivity contribution < 1.29 is 4.74 Å². The van der Waals surface area contributed by atoms with Crippen LogP contribution in [-0.2, 0) is 6.42 Å². The van der Waals surface area contributed by atoms with E-state index in [0.29, 0.717) is 0 Å². The molecule has 3 rings (SSSR count). The fraction of sp³-hybridized carbons (Fsp3) is 0.176. The first-order valence-electron chi connectivity index (χ1n) is 7.19. The third kappa shape index (κ3) is 4.14. The Morgan fingerprint density at radius 1 is 1.13 bits per heavy atom. The second-order valence-corrected chi connectivity index (χ2v) is 6.81. The number of benzene rings is 2. The van der Waals surface area contributed by atoms with Crippen molar-refractivity contribution in [2.45, 2.75) is 11.6 Å². The maximum atomic E-state index is 5.16. The minimum absolute atomic E-state index is 0.768. The van der Waals surface area contributed by atoms with Gasteiger partial charge >= 0.3 is 0 Å². The Kier molecular flexibility index (Phi) is 5.35. The number of thioether (sulfide) groups is 1. The quantitative estimate of drug-likeness (QED) is 0.626. The first-order chi connectivity index (χ1) is 11.3. The van der Waals surface area contributed by atoms with Crippen molar-refractivity contribution in [2.24, 2.45) is 0 Å². The van der Waals surface area contributed by atoms with E-state index in [0.717, 1.165) is 38.9 Å². The maximum absolute atomic E-state index is 5.16. The van der Waals surface area contributed by atoms with Gasteiger partial charge in [0.2, 0.25) is 5.16 Å². The van der Waals surface area contributed by atoms with Gasteiger partial charge in [-0.3, -0.25) is 5.10 Å². The molecule has 3 aromatic rings. The summed E-state index contributed by atoms with van der Waals surface area (Å²) in [6, 6.07) is 16.1. The van der Waals surface area contributed by atoms with E-state index in [1.807, 2.05) is 36.4 Å². The highest BCUT2D eigenvalue weighted by Crippen LogP contribution is 2.26. The summed E-state index contributed by atoms with van der Waals surface area (Å²) >= 11 is 5.18. The molecule has 0 atom stereocenters.